The summed E-state index contributed by atoms with van der Waals surface area (Å²) in [5.41, 5.74) is 4.04. The van der Waals surface area contributed by atoms with Gasteiger partial charge >= 0.3 is 5.97 Å². The van der Waals surface area contributed by atoms with Crippen molar-refractivity contribution < 1.29 is 14.6 Å². The van der Waals surface area contributed by atoms with Crippen LogP contribution in [0, 0.1) is 11.8 Å². The second-order valence-electron chi connectivity index (χ2n) is 9.44. The SMILES string of the molecule is COC(=O)[C@H]1[C@H](CO)[C@H]2Cn3c(ccc(C4=CCCCC4)c3=O)[C@@H]1N2CCc1ccccc1. The van der Waals surface area contributed by atoms with Crippen LogP contribution in [0.4, 0.5) is 0 Å². The van der Waals surface area contributed by atoms with E-state index in [4.69, 9.17) is 4.74 Å². The van der Waals surface area contributed by atoms with E-state index < -0.39 is 5.92 Å². The molecular weight excluding hydrogens is 416 g/mol. The molecule has 1 saturated heterocycles. The minimum Gasteiger partial charge on any atom is -0.469 e. The number of rotatable bonds is 6. The van der Waals surface area contributed by atoms with Crippen LogP contribution >= 0.6 is 0 Å². The van der Waals surface area contributed by atoms with E-state index in [-0.39, 0.29) is 36.1 Å². The van der Waals surface area contributed by atoms with E-state index in [1.807, 2.05) is 34.9 Å². The van der Waals surface area contributed by atoms with Crippen LogP contribution in [0.15, 0.2) is 53.3 Å². The van der Waals surface area contributed by atoms with Crippen molar-refractivity contribution in [3.8, 4) is 0 Å². The van der Waals surface area contributed by atoms with Gasteiger partial charge in [0.2, 0.25) is 0 Å². The van der Waals surface area contributed by atoms with Gasteiger partial charge in [0.25, 0.3) is 5.56 Å². The molecular formula is C27H32N2O4. The van der Waals surface area contributed by atoms with Crippen LogP contribution in [0.1, 0.15) is 48.5 Å². The first-order valence-corrected chi connectivity index (χ1v) is 12.1. The fourth-order valence-corrected chi connectivity index (χ4v) is 6.16. The van der Waals surface area contributed by atoms with Crippen molar-refractivity contribution in [1.82, 2.24) is 9.47 Å². The molecule has 5 rings (SSSR count). The lowest BCUT2D eigenvalue weighted by Crippen LogP contribution is -2.47. The molecule has 2 bridgehead atoms. The minimum atomic E-state index is -0.492. The van der Waals surface area contributed by atoms with Gasteiger partial charge in [-0.2, -0.15) is 0 Å². The quantitative estimate of drug-likeness (QED) is 0.688. The fraction of sp³-hybridized carbons (Fsp3) is 0.481. The van der Waals surface area contributed by atoms with Gasteiger partial charge in [0.1, 0.15) is 0 Å². The van der Waals surface area contributed by atoms with Gasteiger partial charge in [0.15, 0.2) is 0 Å². The maximum Gasteiger partial charge on any atom is 0.311 e. The number of hydrogen-bond donors (Lipinski definition) is 1. The normalized spacial score (nSPS) is 26.5. The van der Waals surface area contributed by atoms with E-state index in [9.17, 15) is 14.7 Å². The first-order valence-electron chi connectivity index (χ1n) is 12.1. The van der Waals surface area contributed by atoms with Gasteiger partial charge in [-0.1, -0.05) is 36.4 Å². The number of aromatic nitrogens is 1. The standard InChI is InChI=1S/C27H32N2O4/c1-33-27(32)24-21(17-30)23-16-29-22(13-12-20(26(29)31)19-10-6-3-7-11-19)25(24)28(23)15-14-18-8-4-2-5-9-18/h2,4-5,8-10,12-13,21,23-25,30H,3,6-7,11,14-17H2,1H3/t21-,23-,24+,25+/m1/s1. The Morgan fingerprint density at radius 3 is 2.67 bits per heavy atom. The van der Waals surface area contributed by atoms with Crippen LogP contribution in [0.25, 0.3) is 5.57 Å². The monoisotopic (exact) mass is 448 g/mol. The van der Waals surface area contributed by atoms with Gasteiger partial charge in [-0.15, -0.1) is 0 Å². The van der Waals surface area contributed by atoms with Crippen LogP contribution < -0.4 is 5.56 Å². The van der Waals surface area contributed by atoms with E-state index in [1.54, 1.807) is 0 Å². The molecule has 3 heterocycles. The predicted molar refractivity (Wildman–Crippen MR) is 127 cm³/mol. The fourth-order valence-electron chi connectivity index (χ4n) is 6.16. The highest BCUT2D eigenvalue weighted by Crippen LogP contribution is 2.48. The third kappa shape index (κ3) is 3.85. The van der Waals surface area contributed by atoms with E-state index in [2.05, 4.69) is 23.1 Å². The zero-order valence-corrected chi connectivity index (χ0v) is 19.2. The van der Waals surface area contributed by atoms with Crippen molar-refractivity contribution >= 4 is 11.5 Å². The van der Waals surface area contributed by atoms with E-state index in [0.29, 0.717) is 6.54 Å². The molecule has 6 heteroatoms. The van der Waals surface area contributed by atoms with Crippen molar-refractivity contribution in [2.24, 2.45) is 11.8 Å². The molecule has 2 aliphatic heterocycles. The van der Waals surface area contributed by atoms with E-state index in [1.165, 1.54) is 19.1 Å². The van der Waals surface area contributed by atoms with Crippen LogP contribution in [-0.2, 0) is 22.5 Å². The molecule has 6 nitrogen and oxygen atoms in total. The smallest absolute Gasteiger partial charge is 0.311 e. The molecule has 1 aromatic carbocycles. The van der Waals surface area contributed by atoms with Crippen molar-refractivity contribution in [3.63, 3.8) is 0 Å². The van der Waals surface area contributed by atoms with Crippen molar-refractivity contribution in [3.05, 3.63) is 75.7 Å². The van der Waals surface area contributed by atoms with Gasteiger partial charge in [-0.3, -0.25) is 14.5 Å². The topological polar surface area (TPSA) is 71.8 Å². The summed E-state index contributed by atoms with van der Waals surface area (Å²) in [4.78, 5) is 28.8. The Morgan fingerprint density at radius 2 is 1.97 bits per heavy atom. The zero-order chi connectivity index (χ0) is 22.9. The summed E-state index contributed by atoms with van der Waals surface area (Å²) in [6.07, 6.45) is 7.29. The Bertz CT molecular complexity index is 1110. The molecule has 174 valence electrons. The summed E-state index contributed by atoms with van der Waals surface area (Å²) in [5.74, 6) is -1.07. The van der Waals surface area contributed by atoms with Crippen LogP contribution in [0.2, 0.25) is 0 Å². The molecule has 4 atom stereocenters. The Labute approximate surface area is 194 Å². The summed E-state index contributed by atoms with van der Waals surface area (Å²) in [6, 6.07) is 13.9. The highest BCUT2D eigenvalue weighted by molar-refractivity contribution is 5.75. The number of aliphatic hydroxyl groups excluding tert-OH is 1. The second-order valence-corrected chi connectivity index (χ2v) is 9.44. The van der Waals surface area contributed by atoms with Crippen LogP contribution in [0.5, 0.6) is 0 Å². The molecule has 1 fully saturated rings. The maximum absolute atomic E-state index is 13.6. The maximum atomic E-state index is 13.6. The lowest BCUT2D eigenvalue weighted by atomic mass is 9.87. The number of ether oxygens (including phenoxy) is 1. The number of benzene rings is 1. The molecule has 0 radical (unpaired) electrons. The number of fused-ring (bicyclic) bond motifs is 4. The third-order valence-corrected chi connectivity index (χ3v) is 7.78. The Balaban J connectivity index is 1.55. The summed E-state index contributed by atoms with van der Waals surface area (Å²) < 4.78 is 7.04. The average Bonchev–Trinajstić information content (AvgIpc) is 3.08. The lowest BCUT2D eigenvalue weighted by molar-refractivity contribution is -0.148. The molecule has 0 unspecified atom stereocenters. The number of aliphatic hydroxyl groups is 1. The number of pyridine rings is 1. The first-order chi connectivity index (χ1) is 16.1. The number of carbonyl (C=O) groups excluding carboxylic acids is 1. The van der Waals surface area contributed by atoms with Crippen molar-refractivity contribution in [1.29, 1.82) is 0 Å². The van der Waals surface area contributed by atoms with Gasteiger partial charge < -0.3 is 14.4 Å². The molecule has 0 saturated carbocycles. The predicted octanol–water partition coefficient (Wildman–Crippen LogP) is 3.19. The molecule has 1 N–H and O–H groups in total. The molecule has 1 aliphatic carbocycles. The Kier molecular flexibility index (Phi) is 6.21. The molecule has 1 aromatic heterocycles. The highest BCUT2D eigenvalue weighted by atomic mass is 16.5. The lowest BCUT2D eigenvalue weighted by Gasteiger charge is -2.38. The second kappa shape index (κ2) is 9.27. The zero-order valence-electron chi connectivity index (χ0n) is 19.2. The van der Waals surface area contributed by atoms with E-state index >= 15 is 0 Å². The number of carbonyl (C=O) groups is 1. The highest BCUT2D eigenvalue weighted by Gasteiger charge is 2.56. The van der Waals surface area contributed by atoms with Gasteiger partial charge in [0, 0.05) is 42.9 Å². The number of nitrogens with zero attached hydrogens (tertiary/aromatic N) is 2. The van der Waals surface area contributed by atoms with Crippen molar-refractivity contribution in [2.45, 2.75) is 50.7 Å². The number of allylic oxidation sites excluding steroid dienone is 2. The summed E-state index contributed by atoms with van der Waals surface area (Å²) >= 11 is 0. The number of esters is 1. The molecule has 33 heavy (non-hydrogen) atoms. The van der Waals surface area contributed by atoms with E-state index in [0.717, 1.165) is 49.1 Å². The van der Waals surface area contributed by atoms with Crippen LogP contribution in [-0.4, -0.2) is 46.8 Å². The summed E-state index contributed by atoms with van der Waals surface area (Å²) in [7, 11) is 1.40. The minimum absolute atomic E-state index is 0.0283. The first kappa shape index (κ1) is 22.1. The van der Waals surface area contributed by atoms with Gasteiger partial charge in [-0.05, 0) is 55.4 Å². The van der Waals surface area contributed by atoms with Crippen LogP contribution in [0.3, 0.4) is 0 Å². The third-order valence-electron chi connectivity index (χ3n) is 7.78. The van der Waals surface area contributed by atoms with Gasteiger partial charge in [0.05, 0.1) is 19.1 Å². The molecule has 2 aromatic rings. The number of methoxy groups -OCH3 is 1. The molecule has 0 spiro atoms. The summed E-state index contributed by atoms with van der Waals surface area (Å²) in [5, 5.41) is 10.3. The largest absolute Gasteiger partial charge is 0.469 e. The molecule has 0 amide bonds. The van der Waals surface area contributed by atoms with Gasteiger partial charge in [-0.25, -0.2) is 0 Å². The number of hydrogen-bond acceptors (Lipinski definition) is 5. The van der Waals surface area contributed by atoms with Crippen molar-refractivity contribution in [2.75, 3.05) is 20.3 Å². The summed E-state index contributed by atoms with van der Waals surface area (Å²) in [6.45, 7) is 1.13. The Morgan fingerprint density at radius 1 is 1.15 bits per heavy atom. The Hall–Kier alpha value is -2.70. The average molecular weight is 449 g/mol. The molecule has 3 aliphatic rings.